The van der Waals surface area contributed by atoms with E-state index in [2.05, 4.69) is 9.97 Å². The monoisotopic (exact) mass is 621 g/mol. The number of nitrogens with zero attached hydrogens (tertiary/aromatic N) is 5. The highest BCUT2D eigenvalue weighted by Crippen LogP contribution is 2.56. The molecule has 2 aromatic carbocycles. The van der Waals surface area contributed by atoms with Gasteiger partial charge >= 0.3 is 12.1 Å². The number of amides is 1. The number of carboxylic acids is 1. The van der Waals surface area contributed by atoms with Crippen molar-refractivity contribution in [3.63, 3.8) is 0 Å². The maximum Gasteiger partial charge on any atom is 0.508 e. The van der Waals surface area contributed by atoms with Crippen LogP contribution in [-0.4, -0.2) is 60.5 Å². The van der Waals surface area contributed by atoms with Crippen molar-refractivity contribution in [2.45, 2.75) is 37.1 Å². The number of ether oxygens (including phenoxy) is 2. The Kier molecular flexibility index (Phi) is 8.52. The number of hydrogen-bond donors (Lipinski definition) is 1. The summed E-state index contributed by atoms with van der Waals surface area (Å²) in [4.78, 5) is 69.1. The highest BCUT2D eigenvalue weighted by atomic mass is 32.2. The van der Waals surface area contributed by atoms with Crippen LogP contribution < -0.4 is 0 Å². The summed E-state index contributed by atoms with van der Waals surface area (Å²) in [5.41, 5.74) is -0.485. The van der Waals surface area contributed by atoms with E-state index >= 15 is 0 Å². The Morgan fingerprint density at radius 2 is 1.57 bits per heavy atom. The number of rotatable bonds is 12. The number of aliphatic carboxylic acids is 1. The molecule has 226 valence electrons. The largest absolute Gasteiger partial charge is 0.508 e. The van der Waals surface area contributed by atoms with Crippen LogP contribution in [-0.2, 0) is 32.1 Å². The molecule has 44 heavy (non-hydrogen) atoms. The van der Waals surface area contributed by atoms with Gasteiger partial charge in [0, 0.05) is 48.0 Å². The van der Waals surface area contributed by atoms with Crippen molar-refractivity contribution in [2.75, 3.05) is 6.61 Å². The van der Waals surface area contributed by atoms with E-state index in [-0.39, 0.29) is 49.5 Å². The Morgan fingerprint density at radius 3 is 2.14 bits per heavy atom. The Morgan fingerprint density at radius 1 is 0.977 bits per heavy atom. The second kappa shape index (κ2) is 12.5. The molecular weight excluding hydrogens is 598 g/mol. The summed E-state index contributed by atoms with van der Waals surface area (Å²) < 4.78 is 10.4. The number of nitro groups is 2. The predicted octanol–water partition coefficient (Wildman–Crippen LogP) is 4.27. The molecule has 2 atom stereocenters. The van der Waals surface area contributed by atoms with Crippen LogP contribution in [0, 0.1) is 25.6 Å². The van der Waals surface area contributed by atoms with Crippen LogP contribution in [0.25, 0.3) is 0 Å². The molecule has 5 rings (SSSR count). The molecule has 0 saturated carbocycles. The second-order valence-electron chi connectivity index (χ2n) is 9.92. The number of carbonyl (C=O) groups excluding carboxylic acids is 2. The molecule has 15 nitrogen and oxygen atoms in total. The van der Waals surface area contributed by atoms with Gasteiger partial charge < -0.3 is 19.5 Å². The Bertz CT molecular complexity index is 1650. The molecule has 1 amide bonds. The molecule has 0 spiro atoms. The smallest absolute Gasteiger partial charge is 0.477 e. The molecule has 2 aliphatic heterocycles. The van der Waals surface area contributed by atoms with E-state index in [9.17, 15) is 39.7 Å². The topological polar surface area (TPSA) is 205 Å². The molecule has 3 aromatic rings. The molecule has 0 bridgehead atoms. The number of benzene rings is 2. The van der Waals surface area contributed by atoms with E-state index < -0.39 is 39.3 Å². The van der Waals surface area contributed by atoms with Crippen molar-refractivity contribution in [2.24, 2.45) is 5.41 Å². The summed E-state index contributed by atoms with van der Waals surface area (Å²) >= 11 is 1.05. The first-order valence-corrected chi connectivity index (χ1v) is 13.9. The maximum atomic E-state index is 13.8. The van der Waals surface area contributed by atoms with Crippen LogP contribution >= 0.6 is 11.8 Å². The van der Waals surface area contributed by atoms with Gasteiger partial charge in [0.2, 0.25) is 5.91 Å². The summed E-state index contributed by atoms with van der Waals surface area (Å²) in [7, 11) is 0. The normalized spacial score (nSPS) is 18.8. The van der Waals surface area contributed by atoms with Gasteiger partial charge in [-0.3, -0.25) is 25.0 Å². The van der Waals surface area contributed by atoms with Crippen molar-refractivity contribution < 1.29 is 38.8 Å². The van der Waals surface area contributed by atoms with Crippen LogP contribution in [0.5, 0.6) is 0 Å². The predicted molar refractivity (Wildman–Crippen MR) is 151 cm³/mol. The molecule has 3 heterocycles. The van der Waals surface area contributed by atoms with Gasteiger partial charge in [0.15, 0.2) is 5.16 Å². The van der Waals surface area contributed by atoms with Gasteiger partial charge in [0.25, 0.3) is 11.4 Å². The fourth-order valence-corrected chi connectivity index (χ4v) is 6.26. The van der Waals surface area contributed by atoms with Crippen molar-refractivity contribution in [3.8, 4) is 0 Å². The average Bonchev–Trinajstić information content (AvgIpc) is 3.37. The average molecular weight is 622 g/mol. The van der Waals surface area contributed by atoms with Gasteiger partial charge in [-0.1, -0.05) is 23.9 Å². The van der Waals surface area contributed by atoms with E-state index in [1.165, 1.54) is 65.8 Å². The lowest BCUT2D eigenvalue weighted by molar-refractivity contribution is -0.385. The molecule has 1 aromatic heterocycles. The van der Waals surface area contributed by atoms with E-state index in [1.807, 2.05) is 0 Å². The van der Waals surface area contributed by atoms with Crippen molar-refractivity contribution >= 4 is 41.2 Å². The summed E-state index contributed by atoms with van der Waals surface area (Å²) in [5.74, 6) is -1.76. The third-order valence-electron chi connectivity index (χ3n) is 7.38. The molecule has 16 heteroatoms. The SMILES string of the molecule is O=C(OCC[C@@]1(Cc2ccc([N+](=O)[O-])cc2)C(=O)N2C(C(=O)O)=C(Sc3ncccn3)C[C@H]21)OCc1ccc([N+](=O)[O-])cc1. The van der Waals surface area contributed by atoms with Crippen LogP contribution in [0.15, 0.2) is 82.7 Å². The standard InChI is InChI=1S/C28H23N5O10S/c34-24(35)23-21(44-26-29-11-1-12-30-26)14-22-28(25(36)31(22)23,15-17-2-6-19(7-3-17)32(38)39)10-13-42-27(37)43-16-18-4-8-20(9-5-18)33(40)41/h1-9,11-12,22H,10,13-16H2,(H,34,35)/t22-,28-/m0/s1. The van der Waals surface area contributed by atoms with Gasteiger partial charge in [0.05, 0.1) is 27.9 Å². The Balaban J connectivity index is 1.31. The van der Waals surface area contributed by atoms with Gasteiger partial charge in [-0.05, 0) is 42.2 Å². The fourth-order valence-electron chi connectivity index (χ4n) is 5.29. The zero-order valence-electron chi connectivity index (χ0n) is 22.7. The zero-order valence-corrected chi connectivity index (χ0v) is 23.5. The fraction of sp³-hybridized carbons (Fsp3) is 0.250. The number of nitro benzene ring substituents is 2. The van der Waals surface area contributed by atoms with E-state index in [0.29, 0.717) is 21.2 Å². The van der Waals surface area contributed by atoms with Crippen LogP contribution in [0.3, 0.4) is 0 Å². The first-order valence-electron chi connectivity index (χ1n) is 13.1. The lowest BCUT2D eigenvalue weighted by atomic mass is 9.64. The molecule has 0 aliphatic carbocycles. The second-order valence-corrected chi connectivity index (χ2v) is 11.0. The minimum atomic E-state index is -1.28. The lowest BCUT2D eigenvalue weighted by Crippen LogP contribution is -2.68. The van der Waals surface area contributed by atoms with Crippen molar-refractivity contribution in [1.29, 1.82) is 0 Å². The lowest BCUT2D eigenvalue weighted by Gasteiger charge is -2.53. The Labute approximate surface area is 252 Å². The molecular formula is C28H23N5O10S. The van der Waals surface area contributed by atoms with Gasteiger partial charge in [-0.2, -0.15) is 0 Å². The molecule has 2 aliphatic rings. The van der Waals surface area contributed by atoms with Gasteiger partial charge in [-0.15, -0.1) is 0 Å². The number of aromatic nitrogens is 2. The van der Waals surface area contributed by atoms with Crippen molar-refractivity contribution in [1.82, 2.24) is 14.9 Å². The molecule has 1 N–H and O–H groups in total. The highest BCUT2D eigenvalue weighted by molar-refractivity contribution is 8.03. The third kappa shape index (κ3) is 6.05. The number of carbonyl (C=O) groups is 3. The van der Waals surface area contributed by atoms with E-state index in [1.54, 1.807) is 6.07 Å². The number of β-lactam (4-membered cyclic amide) rings is 1. The molecule has 1 fully saturated rings. The molecule has 1 saturated heterocycles. The number of non-ortho nitro benzene ring substituents is 2. The summed E-state index contributed by atoms with van der Waals surface area (Å²) in [6.07, 6.45) is 2.33. The third-order valence-corrected chi connectivity index (χ3v) is 8.38. The van der Waals surface area contributed by atoms with Crippen LogP contribution in [0.4, 0.5) is 16.2 Å². The number of thioether (sulfide) groups is 1. The van der Waals surface area contributed by atoms with Gasteiger partial charge in [-0.25, -0.2) is 19.6 Å². The number of hydrogen-bond acceptors (Lipinski definition) is 12. The van der Waals surface area contributed by atoms with Crippen LogP contribution in [0.2, 0.25) is 0 Å². The van der Waals surface area contributed by atoms with Gasteiger partial charge in [0.1, 0.15) is 12.3 Å². The van der Waals surface area contributed by atoms with E-state index in [4.69, 9.17) is 9.47 Å². The highest BCUT2D eigenvalue weighted by Gasteiger charge is 2.65. The minimum absolute atomic E-state index is 0.0172. The molecule has 0 radical (unpaired) electrons. The molecule has 0 unspecified atom stereocenters. The Hall–Kier alpha value is -5.38. The quantitative estimate of drug-likeness (QED) is 0.0987. The van der Waals surface area contributed by atoms with E-state index in [0.717, 1.165) is 11.8 Å². The zero-order chi connectivity index (χ0) is 31.4. The van der Waals surface area contributed by atoms with Crippen LogP contribution in [0.1, 0.15) is 24.0 Å². The number of carboxylic acid groups (broad SMARTS) is 1. The summed E-state index contributed by atoms with van der Waals surface area (Å²) in [6.45, 7) is -0.442. The number of fused-ring (bicyclic) bond motifs is 1. The summed E-state index contributed by atoms with van der Waals surface area (Å²) in [6, 6.07) is 12.2. The van der Waals surface area contributed by atoms with Crippen molar-refractivity contribution in [3.05, 3.63) is 109 Å². The minimum Gasteiger partial charge on any atom is -0.477 e. The summed E-state index contributed by atoms with van der Waals surface area (Å²) in [5, 5.41) is 32.3. The first kappa shape index (κ1) is 30.1. The maximum absolute atomic E-state index is 13.8. The first-order chi connectivity index (χ1) is 21.1.